The van der Waals surface area contributed by atoms with Crippen molar-refractivity contribution in [3.8, 4) is 0 Å². The van der Waals surface area contributed by atoms with Gasteiger partial charge in [0, 0.05) is 24.2 Å². The van der Waals surface area contributed by atoms with Gasteiger partial charge < -0.3 is 15.1 Å². The summed E-state index contributed by atoms with van der Waals surface area (Å²) in [4.78, 5) is 38.4. The summed E-state index contributed by atoms with van der Waals surface area (Å²) in [6, 6.07) is 5.28. The van der Waals surface area contributed by atoms with Crippen molar-refractivity contribution in [1.82, 2.24) is 0 Å². The smallest absolute Gasteiger partial charge is 0.326 e. The normalized spacial score (nSPS) is 11.0. The van der Waals surface area contributed by atoms with Gasteiger partial charge in [-0.05, 0) is 6.07 Å². The molecule has 1 amide bonds. The van der Waals surface area contributed by atoms with Gasteiger partial charge in [0.05, 0.1) is 11.1 Å². The van der Waals surface area contributed by atoms with Crippen LogP contribution in [0.3, 0.4) is 0 Å². The van der Waals surface area contributed by atoms with E-state index in [4.69, 9.17) is 9.79 Å². The number of nitro benzene ring substituents is 1. The molecule has 1 rings (SSSR count). The highest BCUT2D eigenvalue weighted by Crippen LogP contribution is 2.34. The van der Waals surface area contributed by atoms with E-state index in [1.807, 2.05) is 0 Å². The molecule has 3 N–H and O–H groups in total. The average molecular weight is 274 g/mol. The number of hydrogen-bond acceptors (Lipinski definition) is 4. The predicted octanol–water partition coefficient (Wildman–Crippen LogP) is 1.10. The molecule has 0 aliphatic heterocycles. The molecule has 1 aromatic carbocycles. The predicted molar refractivity (Wildman–Crippen MR) is 63.3 cm³/mol. The molecule has 0 heterocycles. The molecule has 0 aliphatic carbocycles. The molecule has 0 spiro atoms. The summed E-state index contributed by atoms with van der Waals surface area (Å²) in [5.74, 6) is -0.612. The van der Waals surface area contributed by atoms with Crippen molar-refractivity contribution in [3.63, 3.8) is 0 Å². The molecule has 0 radical (unpaired) electrons. The minimum Gasteiger partial charge on any atom is -0.326 e. The lowest BCUT2D eigenvalue weighted by Gasteiger charge is -2.05. The Hall–Kier alpha value is -1.76. The number of benzene rings is 1. The maximum Gasteiger partial charge on any atom is 0.326 e. The summed E-state index contributed by atoms with van der Waals surface area (Å²) in [7, 11) is -4.22. The molecule has 0 fully saturated rings. The van der Waals surface area contributed by atoms with Gasteiger partial charge in [0.1, 0.15) is 0 Å². The van der Waals surface area contributed by atoms with Crippen LogP contribution in [0.1, 0.15) is 6.42 Å². The molecule has 0 saturated heterocycles. The number of hydrogen-bond donors (Lipinski definition) is 3. The first-order valence-corrected chi connectivity index (χ1v) is 6.66. The number of carbonyl (C=O) groups excluding carboxylic acids is 1. The topological polar surface area (TPSA) is 130 Å². The second kappa shape index (κ2) is 5.72. The monoisotopic (exact) mass is 274 g/mol. The van der Waals surface area contributed by atoms with Crippen LogP contribution in [0.15, 0.2) is 24.3 Å². The van der Waals surface area contributed by atoms with E-state index in [0.29, 0.717) is 0 Å². The third-order valence-electron chi connectivity index (χ3n) is 1.97. The fourth-order valence-corrected chi connectivity index (χ4v) is 1.66. The van der Waals surface area contributed by atoms with Gasteiger partial charge in [0.15, 0.2) is 0 Å². The summed E-state index contributed by atoms with van der Waals surface area (Å²) >= 11 is 0. The van der Waals surface area contributed by atoms with Crippen LogP contribution in [0, 0.1) is 10.1 Å². The third-order valence-corrected chi connectivity index (χ3v) is 2.78. The SMILES string of the molecule is O=C(CCP(=O)(O)O)Nc1cccc([N+](=O)[O-])c1. The van der Waals surface area contributed by atoms with Crippen molar-refractivity contribution in [2.45, 2.75) is 6.42 Å². The zero-order valence-corrected chi connectivity index (χ0v) is 10.0. The van der Waals surface area contributed by atoms with Gasteiger partial charge in [-0.15, -0.1) is 0 Å². The summed E-state index contributed by atoms with van der Waals surface area (Å²) in [6.07, 6.45) is -0.916. The average Bonchev–Trinajstić information content (AvgIpc) is 2.26. The van der Waals surface area contributed by atoms with Crippen molar-refractivity contribution < 1.29 is 24.1 Å². The van der Waals surface area contributed by atoms with Gasteiger partial charge in [-0.2, -0.15) is 0 Å². The van der Waals surface area contributed by atoms with Gasteiger partial charge in [-0.25, -0.2) is 0 Å². The van der Waals surface area contributed by atoms with Crippen LogP contribution in [-0.4, -0.2) is 26.8 Å². The number of rotatable bonds is 5. The van der Waals surface area contributed by atoms with Crippen molar-refractivity contribution in [1.29, 1.82) is 0 Å². The first-order valence-electron chi connectivity index (χ1n) is 4.87. The number of nitro groups is 1. The van der Waals surface area contributed by atoms with Crippen molar-refractivity contribution in [3.05, 3.63) is 34.4 Å². The number of nitrogens with one attached hydrogen (secondary N) is 1. The van der Waals surface area contributed by atoms with Crippen molar-refractivity contribution >= 4 is 24.9 Å². The fraction of sp³-hybridized carbons (Fsp3) is 0.222. The van der Waals surface area contributed by atoms with E-state index in [-0.39, 0.29) is 17.8 Å². The minimum absolute atomic E-state index is 0.178. The highest BCUT2D eigenvalue weighted by Gasteiger charge is 2.16. The second-order valence-corrected chi connectivity index (χ2v) is 5.27. The Bertz CT molecular complexity index is 512. The molecular weight excluding hydrogens is 263 g/mol. The van der Waals surface area contributed by atoms with Crippen molar-refractivity contribution in [2.24, 2.45) is 0 Å². The Morgan fingerprint density at radius 2 is 2.11 bits per heavy atom. The van der Waals surface area contributed by atoms with Crippen LogP contribution in [0.4, 0.5) is 11.4 Å². The molecule has 0 unspecified atom stereocenters. The maximum absolute atomic E-state index is 11.3. The minimum atomic E-state index is -4.22. The lowest BCUT2D eigenvalue weighted by molar-refractivity contribution is -0.384. The Morgan fingerprint density at radius 3 is 2.67 bits per heavy atom. The number of nitrogens with zero attached hydrogens (tertiary/aromatic N) is 1. The van der Waals surface area contributed by atoms with E-state index in [1.165, 1.54) is 18.2 Å². The maximum atomic E-state index is 11.3. The largest absolute Gasteiger partial charge is 0.326 e. The second-order valence-electron chi connectivity index (χ2n) is 3.49. The van der Waals surface area contributed by atoms with Gasteiger partial charge >= 0.3 is 7.60 Å². The first-order chi connectivity index (χ1) is 8.28. The van der Waals surface area contributed by atoms with E-state index in [9.17, 15) is 19.5 Å². The Labute approximate surface area is 102 Å². The molecule has 18 heavy (non-hydrogen) atoms. The lowest BCUT2D eigenvalue weighted by atomic mass is 10.3. The third kappa shape index (κ3) is 5.05. The van der Waals surface area contributed by atoms with E-state index in [0.717, 1.165) is 6.07 Å². The summed E-state index contributed by atoms with van der Waals surface area (Å²) in [6.45, 7) is 0. The highest BCUT2D eigenvalue weighted by molar-refractivity contribution is 7.51. The molecule has 0 aliphatic rings. The molecule has 0 atom stereocenters. The quantitative estimate of drug-likeness (QED) is 0.418. The molecule has 1 aromatic rings. The van der Waals surface area contributed by atoms with Crippen LogP contribution in [0.2, 0.25) is 0 Å². The Balaban J connectivity index is 2.62. The number of non-ortho nitro benzene ring substituents is 1. The van der Waals surface area contributed by atoms with E-state index in [2.05, 4.69) is 5.32 Å². The highest BCUT2D eigenvalue weighted by atomic mass is 31.2. The van der Waals surface area contributed by atoms with Gasteiger partial charge in [0.2, 0.25) is 5.91 Å². The molecular formula is C9H11N2O6P. The molecule has 98 valence electrons. The summed E-state index contributed by atoms with van der Waals surface area (Å²) in [5, 5.41) is 12.8. The molecule has 0 aromatic heterocycles. The Morgan fingerprint density at radius 1 is 1.44 bits per heavy atom. The Kier molecular flexibility index (Phi) is 4.55. The van der Waals surface area contributed by atoms with E-state index >= 15 is 0 Å². The van der Waals surface area contributed by atoms with E-state index < -0.39 is 24.6 Å². The van der Waals surface area contributed by atoms with Gasteiger partial charge in [-0.1, -0.05) is 6.07 Å². The van der Waals surface area contributed by atoms with Crippen LogP contribution >= 0.6 is 7.60 Å². The summed E-state index contributed by atoms with van der Waals surface area (Å²) in [5.41, 5.74) is 0.0303. The summed E-state index contributed by atoms with van der Waals surface area (Å²) < 4.78 is 10.6. The molecule has 9 heteroatoms. The van der Waals surface area contributed by atoms with Gasteiger partial charge in [0.25, 0.3) is 5.69 Å². The van der Waals surface area contributed by atoms with Crippen LogP contribution in [0.25, 0.3) is 0 Å². The number of amides is 1. The standard InChI is InChI=1S/C9H11N2O6P/c12-9(4-5-18(15,16)17)10-7-2-1-3-8(6-7)11(13)14/h1-3,6H,4-5H2,(H,10,12)(H2,15,16,17). The van der Waals surface area contributed by atoms with E-state index in [1.54, 1.807) is 0 Å². The number of carbonyl (C=O) groups is 1. The van der Waals surface area contributed by atoms with Crippen molar-refractivity contribution in [2.75, 3.05) is 11.5 Å². The molecule has 8 nitrogen and oxygen atoms in total. The molecule has 0 saturated carbocycles. The van der Waals surface area contributed by atoms with Crippen LogP contribution in [0.5, 0.6) is 0 Å². The zero-order chi connectivity index (χ0) is 13.8. The molecule has 0 bridgehead atoms. The van der Waals surface area contributed by atoms with Gasteiger partial charge in [-0.3, -0.25) is 19.5 Å². The zero-order valence-electron chi connectivity index (χ0n) is 9.15. The first kappa shape index (κ1) is 14.3. The number of anilines is 1. The lowest BCUT2D eigenvalue weighted by Crippen LogP contribution is -2.13. The fourth-order valence-electron chi connectivity index (χ4n) is 1.17. The van der Waals surface area contributed by atoms with Crippen LogP contribution in [-0.2, 0) is 9.36 Å². The van der Waals surface area contributed by atoms with Crippen LogP contribution < -0.4 is 5.32 Å².